The van der Waals surface area contributed by atoms with Crippen molar-refractivity contribution in [2.24, 2.45) is 0 Å². The smallest absolute Gasteiger partial charge is 0.313 e. The van der Waals surface area contributed by atoms with Gasteiger partial charge in [-0.25, -0.2) is 4.79 Å². The lowest BCUT2D eigenvalue weighted by Crippen LogP contribution is -2.40. The summed E-state index contributed by atoms with van der Waals surface area (Å²) in [4.78, 5) is 14.4. The Balaban J connectivity index is 1.52. The van der Waals surface area contributed by atoms with Crippen LogP contribution in [0.25, 0.3) is 0 Å². The number of carbonyl (C=O) groups excluding carboxylic acids is 1. The van der Waals surface area contributed by atoms with E-state index in [1.54, 1.807) is 17.0 Å². The maximum Gasteiger partial charge on any atom is 0.322 e. The van der Waals surface area contributed by atoms with E-state index in [0.717, 1.165) is 22.4 Å². The molecule has 2 amide bonds. The quantitative estimate of drug-likeness (QED) is 0.619. The van der Waals surface area contributed by atoms with Crippen LogP contribution in [0, 0.1) is 23.2 Å². The van der Waals surface area contributed by atoms with Crippen LogP contribution in [-0.4, -0.2) is 10.9 Å². The van der Waals surface area contributed by atoms with Crippen LogP contribution in [0.1, 0.15) is 40.8 Å². The van der Waals surface area contributed by atoms with Gasteiger partial charge < -0.3 is 10.2 Å². The van der Waals surface area contributed by atoms with Crippen molar-refractivity contribution in [3.8, 4) is 17.9 Å². The molecule has 1 aliphatic heterocycles. The first-order valence-corrected chi connectivity index (χ1v) is 9.87. The highest BCUT2D eigenvalue weighted by atomic mass is 16.2. The van der Waals surface area contributed by atoms with Crippen molar-refractivity contribution < 1.29 is 4.79 Å². The molecular weight excluding hydrogens is 370 g/mol. The van der Waals surface area contributed by atoms with Crippen LogP contribution in [0.2, 0.25) is 0 Å². The molecule has 0 saturated carbocycles. The Labute approximate surface area is 176 Å². The van der Waals surface area contributed by atoms with Crippen molar-refractivity contribution in [2.45, 2.75) is 25.9 Å². The molecular formula is C26H21N3O. The molecule has 146 valence electrons. The highest BCUT2D eigenvalue weighted by molar-refractivity contribution is 5.92. The Kier molecular flexibility index (Phi) is 5.50. The number of nitriles is 1. The van der Waals surface area contributed by atoms with Gasteiger partial charge in [-0.3, -0.25) is 0 Å². The molecule has 3 aromatic carbocycles. The summed E-state index contributed by atoms with van der Waals surface area (Å²) in [5.74, 6) is 6.46. The van der Waals surface area contributed by atoms with Gasteiger partial charge in [-0.15, -0.1) is 0 Å². The molecule has 1 atom stereocenters. The van der Waals surface area contributed by atoms with Crippen LogP contribution >= 0.6 is 0 Å². The van der Waals surface area contributed by atoms with Gasteiger partial charge in [0.2, 0.25) is 0 Å². The average molecular weight is 391 g/mol. The van der Waals surface area contributed by atoms with E-state index in [9.17, 15) is 4.79 Å². The van der Waals surface area contributed by atoms with E-state index >= 15 is 0 Å². The topological polar surface area (TPSA) is 56.1 Å². The number of nitrogens with zero attached hydrogens (tertiary/aromatic N) is 2. The summed E-state index contributed by atoms with van der Waals surface area (Å²) in [5.41, 5.74) is 5.60. The SMILES string of the molecule is CC(c1ccc(C#N)cc1)N1Cc2cc(C#CCc3ccccc3)ccc2NC1=O. The summed E-state index contributed by atoms with van der Waals surface area (Å²) in [6.07, 6.45) is 0.705. The minimum Gasteiger partial charge on any atom is -0.313 e. The number of hydrogen-bond donors (Lipinski definition) is 1. The lowest BCUT2D eigenvalue weighted by molar-refractivity contribution is 0.186. The van der Waals surface area contributed by atoms with Gasteiger partial charge in [-0.05, 0) is 53.9 Å². The van der Waals surface area contributed by atoms with E-state index in [2.05, 4.69) is 35.4 Å². The normalized spacial score (nSPS) is 13.3. The molecule has 0 spiro atoms. The molecule has 0 aromatic heterocycles. The molecule has 3 aromatic rings. The fraction of sp³-hybridized carbons (Fsp3) is 0.154. The number of benzene rings is 3. The van der Waals surface area contributed by atoms with Crippen LogP contribution in [0.4, 0.5) is 10.5 Å². The number of anilines is 1. The number of fused-ring (bicyclic) bond motifs is 1. The predicted octanol–water partition coefficient (Wildman–Crippen LogP) is 5.26. The van der Waals surface area contributed by atoms with Crippen molar-refractivity contribution >= 4 is 11.7 Å². The lowest BCUT2D eigenvalue weighted by Gasteiger charge is -2.34. The minimum atomic E-state index is -0.123. The van der Waals surface area contributed by atoms with Crippen molar-refractivity contribution in [1.82, 2.24) is 4.90 Å². The zero-order chi connectivity index (χ0) is 20.9. The number of carbonyl (C=O) groups is 1. The van der Waals surface area contributed by atoms with Gasteiger partial charge in [-0.2, -0.15) is 5.26 Å². The molecule has 4 heteroatoms. The van der Waals surface area contributed by atoms with Crippen LogP contribution in [0.5, 0.6) is 0 Å². The Bertz CT molecular complexity index is 1160. The van der Waals surface area contributed by atoms with Crippen molar-refractivity contribution in [1.29, 1.82) is 5.26 Å². The van der Waals surface area contributed by atoms with Gasteiger partial charge >= 0.3 is 6.03 Å². The molecule has 1 unspecified atom stereocenters. The average Bonchev–Trinajstić information content (AvgIpc) is 2.79. The van der Waals surface area contributed by atoms with Crippen LogP contribution in [0.15, 0.2) is 72.8 Å². The third-order valence-electron chi connectivity index (χ3n) is 5.31. The summed E-state index contributed by atoms with van der Waals surface area (Å²) in [6.45, 7) is 2.51. The van der Waals surface area contributed by atoms with Gasteiger partial charge in [0.05, 0.1) is 24.2 Å². The fourth-order valence-corrected chi connectivity index (χ4v) is 3.54. The number of rotatable bonds is 3. The van der Waals surface area contributed by atoms with Gasteiger partial charge in [0.1, 0.15) is 0 Å². The van der Waals surface area contributed by atoms with Crippen LogP contribution in [0.3, 0.4) is 0 Å². The zero-order valence-corrected chi connectivity index (χ0v) is 16.7. The minimum absolute atomic E-state index is 0.112. The molecule has 1 heterocycles. The summed E-state index contributed by atoms with van der Waals surface area (Å²) >= 11 is 0. The number of amides is 2. The van der Waals surface area contributed by atoms with E-state index < -0.39 is 0 Å². The maximum absolute atomic E-state index is 12.6. The molecule has 0 aliphatic carbocycles. The van der Waals surface area contributed by atoms with Gasteiger partial charge in [0.15, 0.2) is 0 Å². The maximum atomic E-state index is 12.6. The summed E-state index contributed by atoms with van der Waals surface area (Å²) < 4.78 is 0. The predicted molar refractivity (Wildman–Crippen MR) is 118 cm³/mol. The van der Waals surface area contributed by atoms with Gasteiger partial charge in [0.25, 0.3) is 0 Å². The first kappa shape index (κ1) is 19.3. The zero-order valence-electron chi connectivity index (χ0n) is 16.7. The third kappa shape index (κ3) is 4.19. The second kappa shape index (κ2) is 8.55. The van der Waals surface area contributed by atoms with Gasteiger partial charge in [0, 0.05) is 17.7 Å². The third-order valence-corrected chi connectivity index (χ3v) is 5.31. The fourth-order valence-electron chi connectivity index (χ4n) is 3.54. The molecule has 1 N–H and O–H groups in total. The first-order valence-electron chi connectivity index (χ1n) is 9.87. The Morgan fingerprint density at radius 1 is 1.03 bits per heavy atom. The highest BCUT2D eigenvalue weighted by Crippen LogP contribution is 2.30. The summed E-state index contributed by atoms with van der Waals surface area (Å²) in [5, 5.41) is 12.0. The molecule has 4 rings (SSSR count). The lowest BCUT2D eigenvalue weighted by atomic mass is 10.0. The summed E-state index contributed by atoms with van der Waals surface area (Å²) in [6, 6.07) is 25.3. The van der Waals surface area contributed by atoms with E-state index in [-0.39, 0.29) is 12.1 Å². The molecule has 0 saturated heterocycles. The molecule has 0 radical (unpaired) electrons. The molecule has 1 aliphatic rings. The Morgan fingerprint density at radius 2 is 1.77 bits per heavy atom. The number of nitrogens with one attached hydrogen (secondary N) is 1. The number of urea groups is 1. The first-order chi connectivity index (χ1) is 14.6. The number of hydrogen-bond acceptors (Lipinski definition) is 2. The molecule has 0 fully saturated rings. The second-order valence-electron chi connectivity index (χ2n) is 7.30. The van der Waals surface area contributed by atoms with E-state index in [0.29, 0.717) is 18.5 Å². The molecule has 4 nitrogen and oxygen atoms in total. The highest BCUT2D eigenvalue weighted by Gasteiger charge is 2.27. The summed E-state index contributed by atoms with van der Waals surface area (Å²) in [7, 11) is 0. The van der Waals surface area contributed by atoms with Crippen molar-refractivity contribution in [3.05, 3.63) is 101 Å². The Hall–Kier alpha value is -4.02. The van der Waals surface area contributed by atoms with Crippen LogP contribution < -0.4 is 5.32 Å². The Morgan fingerprint density at radius 3 is 2.50 bits per heavy atom. The van der Waals surface area contributed by atoms with E-state index in [1.807, 2.05) is 55.5 Å². The van der Waals surface area contributed by atoms with Crippen molar-refractivity contribution in [3.63, 3.8) is 0 Å². The second-order valence-corrected chi connectivity index (χ2v) is 7.30. The van der Waals surface area contributed by atoms with E-state index in [1.165, 1.54) is 5.56 Å². The monoisotopic (exact) mass is 391 g/mol. The largest absolute Gasteiger partial charge is 0.322 e. The van der Waals surface area contributed by atoms with Crippen molar-refractivity contribution in [2.75, 3.05) is 5.32 Å². The van der Waals surface area contributed by atoms with Crippen LogP contribution in [-0.2, 0) is 13.0 Å². The van der Waals surface area contributed by atoms with Gasteiger partial charge in [-0.1, -0.05) is 54.3 Å². The molecule has 30 heavy (non-hydrogen) atoms. The molecule has 0 bridgehead atoms. The van der Waals surface area contributed by atoms with E-state index in [4.69, 9.17) is 5.26 Å². The standard InChI is InChI=1S/C26H21N3O/c1-19(23-13-10-22(17-27)11-14-23)29-18-24-16-21(12-15-25(24)28-26(29)30)9-5-8-20-6-3-2-4-7-20/h2-4,6-7,10-16,19H,8,18H2,1H3,(H,28,30).